The van der Waals surface area contributed by atoms with Crippen molar-refractivity contribution in [1.82, 2.24) is 15.1 Å². The molecule has 1 saturated carbocycles. The lowest BCUT2D eigenvalue weighted by Crippen LogP contribution is -2.40. The van der Waals surface area contributed by atoms with Gasteiger partial charge in [-0.1, -0.05) is 6.07 Å². The fourth-order valence-corrected chi connectivity index (χ4v) is 3.21. The van der Waals surface area contributed by atoms with Crippen molar-refractivity contribution in [2.24, 2.45) is 0 Å². The van der Waals surface area contributed by atoms with Gasteiger partial charge >= 0.3 is 0 Å². The highest BCUT2D eigenvalue weighted by molar-refractivity contribution is 5.77. The molecule has 7 nitrogen and oxygen atoms in total. The number of likely N-dealkylation sites (tertiary alicyclic amines) is 1. The van der Waals surface area contributed by atoms with Gasteiger partial charge in [0.15, 0.2) is 6.61 Å². The average molecular weight is 357 g/mol. The fraction of sp³-hybridized carbons (Fsp3) is 0.526. The molecule has 7 heteroatoms. The van der Waals surface area contributed by atoms with Crippen molar-refractivity contribution in [1.29, 1.82) is 0 Å². The summed E-state index contributed by atoms with van der Waals surface area (Å²) in [6.07, 6.45) is 4.00. The van der Waals surface area contributed by atoms with Gasteiger partial charge in [0.2, 0.25) is 11.8 Å². The molecule has 1 amide bonds. The van der Waals surface area contributed by atoms with Crippen LogP contribution in [0.15, 0.2) is 28.7 Å². The van der Waals surface area contributed by atoms with E-state index in [0.717, 1.165) is 37.5 Å². The van der Waals surface area contributed by atoms with Gasteiger partial charge in [-0.3, -0.25) is 4.79 Å². The molecule has 2 aromatic rings. The normalized spacial score (nSPS) is 18.0. The second kappa shape index (κ2) is 7.35. The number of hydrogen-bond donors (Lipinski definition) is 0. The molecule has 0 N–H and O–H groups in total. The lowest BCUT2D eigenvalue weighted by Gasteiger charge is -2.30. The summed E-state index contributed by atoms with van der Waals surface area (Å²) in [4.78, 5) is 14.2. The van der Waals surface area contributed by atoms with Gasteiger partial charge in [0.25, 0.3) is 5.91 Å². The van der Waals surface area contributed by atoms with Crippen LogP contribution in [0.25, 0.3) is 0 Å². The first-order valence-electron chi connectivity index (χ1n) is 9.11. The quantitative estimate of drug-likeness (QED) is 0.791. The molecule has 26 heavy (non-hydrogen) atoms. The molecule has 2 heterocycles. The van der Waals surface area contributed by atoms with Crippen LogP contribution in [-0.4, -0.2) is 47.8 Å². The summed E-state index contributed by atoms with van der Waals surface area (Å²) in [5, 5.41) is 8.36. The molecule has 2 aliphatic rings. The van der Waals surface area contributed by atoms with Crippen molar-refractivity contribution in [3.63, 3.8) is 0 Å². The summed E-state index contributed by atoms with van der Waals surface area (Å²) < 4.78 is 16.6. The molecular formula is C19H23N3O4. The van der Waals surface area contributed by atoms with Crippen molar-refractivity contribution in [3.05, 3.63) is 36.0 Å². The Morgan fingerprint density at radius 3 is 2.42 bits per heavy atom. The third-order valence-electron chi connectivity index (χ3n) is 4.98. The zero-order valence-corrected chi connectivity index (χ0v) is 14.9. The molecule has 0 spiro atoms. The van der Waals surface area contributed by atoms with Crippen LogP contribution in [0.4, 0.5) is 0 Å². The van der Waals surface area contributed by atoms with Gasteiger partial charge in [-0.25, -0.2) is 0 Å². The number of hydrogen-bond acceptors (Lipinski definition) is 6. The van der Waals surface area contributed by atoms with E-state index in [2.05, 4.69) is 10.2 Å². The molecule has 1 aromatic carbocycles. The zero-order valence-electron chi connectivity index (χ0n) is 14.9. The molecule has 1 saturated heterocycles. The SMILES string of the molecule is COc1cccc(OCC(=O)N2CCC(c3nnc(C4CC4)o3)CC2)c1. The maximum Gasteiger partial charge on any atom is 0.260 e. The predicted octanol–water partition coefficient (Wildman–Crippen LogP) is 2.74. The van der Waals surface area contributed by atoms with Crippen molar-refractivity contribution in [2.45, 2.75) is 37.5 Å². The number of methoxy groups -OCH3 is 1. The van der Waals surface area contributed by atoms with Crippen molar-refractivity contribution >= 4 is 5.91 Å². The predicted molar refractivity (Wildman–Crippen MR) is 93.3 cm³/mol. The maximum atomic E-state index is 12.4. The Bertz CT molecular complexity index is 764. The minimum absolute atomic E-state index is 0.00420. The highest BCUT2D eigenvalue weighted by Crippen LogP contribution is 2.40. The van der Waals surface area contributed by atoms with Crippen molar-refractivity contribution < 1.29 is 18.7 Å². The van der Waals surface area contributed by atoms with Crippen molar-refractivity contribution in [2.75, 3.05) is 26.8 Å². The van der Waals surface area contributed by atoms with Crippen LogP contribution in [0, 0.1) is 0 Å². The van der Waals surface area contributed by atoms with Crippen LogP contribution >= 0.6 is 0 Å². The monoisotopic (exact) mass is 357 g/mol. The second-order valence-electron chi connectivity index (χ2n) is 6.88. The Hall–Kier alpha value is -2.57. The van der Waals surface area contributed by atoms with Gasteiger partial charge in [-0.15, -0.1) is 10.2 Å². The molecule has 0 unspecified atom stereocenters. The number of carbonyl (C=O) groups excluding carboxylic acids is 1. The van der Waals surface area contributed by atoms with E-state index < -0.39 is 0 Å². The van der Waals surface area contributed by atoms with Gasteiger partial charge < -0.3 is 18.8 Å². The Kier molecular flexibility index (Phi) is 4.77. The Labute approximate surface area is 152 Å². The molecule has 2 fully saturated rings. The van der Waals surface area contributed by atoms with Gasteiger partial charge in [0, 0.05) is 31.0 Å². The van der Waals surface area contributed by atoms with Gasteiger partial charge in [0.1, 0.15) is 11.5 Å². The largest absolute Gasteiger partial charge is 0.497 e. The third-order valence-corrected chi connectivity index (χ3v) is 4.98. The molecule has 0 radical (unpaired) electrons. The van der Waals surface area contributed by atoms with Crippen molar-refractivity contribution in [3.8, 4) is 11.5 Å². The first kappa shape index (κ1) is 16.9. The molecular weight excluding hydrogens is 334 g/mol. The van der Waals surface area contributed by atoms with Crippen LogP contribution in [0.1, 0.15) is 49.3 Å². The first-order valence-corrected chi connectivity index (χ1v) is 9.11. The van der Waals surface area contributed by atoms with Gasteiger partial charge in [-0.2, -0.15) is 0 Å². The van der Waals surface area contributed by atoms with Crippen LogP contribution in [0.2, 0.25) is 0 Å². The lowest BCUT2D eigenvalue weighted by atomic mass is 9.97. The minimum atomic E-state index is -0.00420. The number of benzene rings is 1. The molecule has 1 aliphatic heterocycles. The Morgan fingerprint density at radius 1 is 1.12 bits per heavy atom. The van der Waals surface area contributed by atoms with Crippen LogP contribution in [-0.2, 0) is 4.79 Å². The molecule has 4 rings (SSSR count). The summed E-state index contributed by atoms with van der Waals surface area (Å²) in [7, 11) is 1.60. The van der Waals surface area contributed by atoms with E-state index in [1.165, 1.54) is 0 Å². The zero-order chi connectivity index (χ0) is 17.9. The summed E-state index contributed by atoms with van der Waals surface area (Å²) in [6, 6.07) is 7.26. The number of piperidine rings is 1. The number of carbonyl (C=O) groups is 1. The van der Waals surface area contributed by atoms with E-state index in [1.807, 2.05) is 23.1 Å². The summed E-state index contributed by atoms with van der Waals surface area (Å²) in [5.41, 5.74) is 0. The smallest absolute Gasteiger partial charge is 0.260 e. The van der Waals surface area contributed by atoms with Gasteiger partial charge in [0.05, 0.1) is 7.11 Å². The first-order chi connectivity index (χ1) is 12.7. The van der Waals surface area contributed by atoms with E-state index in [0.29, 0.717) is 30.5 Å². The summed E-state index contributed by atoms with van der Waals surface area (Å²) in [5.74, 6) is 3.57. The number of nitrogens with zero attached hydrogens (tertiary/aromatic N) is 3. The topological polar surface area (TPSA) is 77.7 Å². The Balaban J connectivity index is 1.26. The van der Waals surface area contributed by atoms with E-state index in [-0.39, 0.29) is 18.4 Å². The van der Waals surface area contributed by atoms with E-state index in [9.17, 15) is 4.79 Å². The molecule has 0 atom stereocenters. The molecule has 1 aliphatic carbocycles. The van der Waals surface area contributed by atoms with E-state index >= 15 is 0 Å². The number of ether oxygens (including phenoxy) is 2. The number of aromatic nitrogens is 2. The van der Waals surface area contributed by atoms with Gasteiger partial charge in [-0.05, 0) is 37.8 Å². The fourth-order valence-electron chi connectivity index (χ4n) is 3.21. The van der Waals surface area contributed by atoms with Crippen LogP contribution in [0.5, 0.6) is 11.5 Å². The van der Waals surface area contributed by atoms with E-state index in [1.54, 1.807) is 13.2 Å². The summed E-state index contributed by atoms with van der Waals surface area (Å²) in [6.45, 7) is 1.41. The molecule has 1 aromatic heterocycles. The van der Waals surface area contributed by atoms with Crippen LogP contribution < -0.4 is 9.47 Å². The highest BCUT2D eigenvalue weighted by atomic mass is 16.5. The maximum absolute atomic E-state index is 12.4. The van der Waals surface area contributed by atoms with Crippen LogP contribution in [0.3, 0.4) is 0 Å². The molecule has 0 bridgehead atoms. The van der Waals surface area contributed by atoms with E-state index in [4.69, 9.17) is 13.9 Å². The average Bonchev–Trinajstić information content (AvgIpc) is 3.43. The molecule has 138 valence electrons. The number of rotatable bonds is 6. The Morgan fingerprint density at radius 2 is 1.77 bits per heavy atom. The summed E-state index contributed by atoms with van der Waals surface area (Å²) >= 11 is 0. The number of amides is 1. The second-order valence-corrected chi connectivity index (χ2v) is 6.88. The third kappa shape index (κ3) is 3.81. The lowest BCUT2D eigenvalue weighted by molar-refractivity contribution is -0.134. The standard InChI is InChI=1S/C19H23N3O4/c1-24-15-3-2-4-16(11-15)25-12-17(23)22-9-7-14(8-10-22)19-21-20-18(26-19)13-5-6-13/h2-4,11,13-14H,5-10,12H2,1H3. The minimum Gasteiger partial charge on any atom is -0.497 e. The highest BCUT2D eigenvalue weighted by Gasteiger charge is 2.32.